The van der Waals surface area contributed by atoms with Crippen LogP contribution in [0.2, 0.25) is 0 Å². The number of benzene rings is 2. The summed E-state index contributed by atoms with van der Waals surface area (Å²) in [5.74, 6) is 0.571. The van der Waals surface area contributed by atoms with E-state index in [1.54, 1.807) is 12.1 Å². The maximum Gasteiger partial charge on any atom is 0.254 e. The maximum atomic E-state index is 13.1. The standard InChI is InChI=1S/C22H23FN4OS/c1-15-3-7-18(8-4-15)21(28)27-12-11-26(14-16(27)2)22-24-20(25-29-22)13-17-5-9-19(23)10-6-17/h3-10,16H,11-14H2,1-2H3. The Morgan fingerprint density at radius 3 is 2.55 bits per heavy atom. The summed E-state index contributed by atoms with van der Waals surface area (Å²) in [6, 6.07) is 14.2. The van der Waals surface area contributed by atoms with Gasteiger partial charge in [-0.25, -0.2) is 9.37 Å². The molecule has 1 fully saturated rings. The Hall–Kier alpha value is -2.80. The van der Waals surface area contributed by atoms with E-state index in [9.17, 15) is 9.18 Å². The Morgan fingerprint density at radius 1 is 1.14 bits per heavy atom. The number of carbonyl (C=O) groups is 1. The third kappa shape index (κ3) is 4.45. The fourth-order valence-electron chi connectivity index (χ4n) is 3.52. The van der Waals surface area contributed by atoms with Gasteiger partial charge in [0.1, 0.15) is 11.6 Å². The average Bonchev–Trinajstić information content (AvgIpc) is 3.18. The summed E-state index contributed by atoms with van der Waals surface area (Å²) in [7, 11) is 0. The van der Waals surface area contributed by atoms with Crippen molar-refractivity contribution < 1.29 is 9.18 Å². The summed E-state index contributed by atoms with van der Waals surface area (Å²) in [4.78, 5) is 21.6. The number of aryl methyl sites for hydroxylation is 1. The average molecular weight is 411 g/mol. The molecule has 1 aliphatic heterocycles. The van der Waals surface area contributed by atoms with Crippen molar-refractivity contribution in [3.05, 3.63) is 76.9 Å². The lowest BCUT2D eigenvalue weighted by atomic mass is 10.1. The number of aromatic nitrogens is 2. The van der Waals surface area contributed by atoms with Crippen LogP contribution in [0.4, 0.5) is 9.52 Å². The highest BCUT2D eigenvalue weighted by molar-refractivity contribution is 7.09. The van der Waals surface area contributed by atoms with Gasteiger partial charge in [-0.15, -0.1) is 0 Å². The molecule has 0 aliphatic carbocycles. The van der Waals surface area contributed by atoms with Crippen LogP contribution in [0, 0.1) is 12.7 Å². The minimum Gasteiger partial charge on any atom is -0.343 e. The zero-order chi connectivity index (χ0) is 20.4. The van der Waals surface area contributed by atoms with Crippen LogP contribution in [0.25, 0.3) is 0 Å². The summed E-state index contributed by atoms with van der Waals surface area (Å²) in [6.07, 6.45) is 0.582. The minimum absolute atomic E-state index is 0.0754. The fraction of sp³-hybridized carbons (Fsp3) is 0.318. The van der Waals surface area contributed by atoms with Crippen molar-refractivity contribution in [1.29, 1.82) is 0 Å². The smallest absolute Gasteiger partial charge is 0.254 e. The van der Waals surface area contributed by atoms with Crippen LogP contribution in [0.3, 0.4) is 0 Å². The molecule has 0 bridgehead atoms. The third-order valence-electron chi connectivity index (χ3n) is 5.19. The molecule has 150 valence electrons. The van der Waals surface area contributed by atoms with Gasteiger partial charge in [-0.1, -0.05) is 29.8 Å². The van der Waals surface area contributed by atoms with Gasteiger partial charge in [-0.05, 0) is 43.7 Å². The highest BCUT2D eigenvalue weighted by atomic mass is 32.1. The summed E-state index contributed by atoms with van der Waals surface area (Å²) in [6.45, 7) is 6.19. The second-order valence-corrected chi connectivity index (χ2v) is 8.19. The SMILES string of the molecule is Cc1ccc(C(=O)N2CCN(c3nc(Cc4ccc(F)cc4)ns3)CC2C)cc1. The zero-order valence-corrected chi connectivity index (χ0v) is 17.3. The molecular formula is C22H23FN4OS. The van der Waals surface area contributed by atoms with Gasteiger partial charge in [0, 0.05) is 49.2 Å². The molecule has 0 N–H and O–H groups in total. The monoisotopic (exact) mass is 410 g/mol. The number of hydrogen-bond donors (Lipinski definition) is 0. The molecule has 2 heterocycles. The molecule has 1 atom stereocenters. The van der Waals surface area contributed by atoms with Crippen LogP contribution in [-0.4, -0.2) is 45.8 Å². The minimum atomic E-state index is -0.243. The lowest BCUT2D eigenvalue weighted by Gasteiger charge is -2.39. The van der Waals surface area contributed by atoms with Crippen LogP contribution in [0.15, 0.2) is 48.5 Å². The van der Waals surface area contributed by atoms with E-state index in [4.69, 9.17) is 0 Å². The molecule has 7 heteroatoms. The van der Waals surface area contributed by atoms with Crippen molar-refractivity contribution >= 4 is 22.6 Å². The molecule has 1 unspecified atom stereocenters. The Bertz CT molecular complexity index is 987. The Morgan fingerprint density at radius 2 is 1.86 bits per heavy atom. The second-order valence-electron chi connectivity index (χ2n) is 7.46. The van der Waals surface area contributed by atoms with Crippen LogP contribution < -0.4 is 4.90 Å². The predicted octanol–water partition coefficient (Wildman–Crippen LogP) is 3.93. The lowest BCUT2D eigenvalue weighted by Crippen LogP contribution is -2.54. The molecule has 2 aromatic carbocycles. The normalized spacial score (nSPS) is 16.9. The Kier molecular flexibility index (Phi) is 5.58. The molecule has 3 aromatic rings. The number of piperazine rings is 1. The van der Waals surface area contributed by atoms with E-state index in [0.29, 0.717) is 13.0 Å². The summed E-state index contributed by atoms with van der Waals surface area (Å²) < 4.78 is 17.5. The van der Waals surface area contributed by atoms with Crippen molar-refractivity contribution in [2.45, 2.75) is 26.3 Å². The molecule has 1 aliphatic rings. The predicted molar refractivity (Wildman–Crippen MR) is 113 cm³/mol. The van der Waals surface area contributed by atoms with Crippen LogP contribution >= 0.6 is 11.5 Å². The number of hydrogen-bond acceptors (Lipinski definition) is 5. The number of rotatable bonds is 4. The van der Waals surface area contributed by atoms with E-state index in [1.165, 1.54) is 23.7 Å². The molecule has 0 radical (unpaired) electrons. The highest BCUT2D eigenvalue weighted by Crippen LogP contribution is 2.23. The maximum absolute atomic E-state index is 13.1. The first-order valence-corrected chi connectivity index (χ1v) is 10.5. The van der Waals surface area contributed by atoms with Gasteiger partial charge in [-0.3, -0.25) is 4.79 Å². The van der Waals surface area contributed by atoms with Crippen LogP contribution in [0.5, 0.6) is 0 Å². The molecule has 5 nitrogen and oxygen atoms in total. The summed E-state index contributed by atoms with van der Waals surface area (Å²) in [5, 5.41) is 0.872. The topological polar surface area (TPSA) is 49.3 Å². The van der Waals surface area contributed by atoms with Gasteiger partial charge in [0.05, 0.1) is 0 Å². The van der Waals surface area contributed by atoms with E-state index < -0.39 is 0 Å². The quantitative estimate of drug-likeness (QED) is 0.654. The van der Waals surface area contributed by atoms with Crippen molar-refractivity contribution in [1.82, 2.24) is 14.3 Å². The van der Waals surface area contributed by atoms with Gasteiger partial charge in [0.25, 0.3) is 5.91 Å². The molecule has 29 heavy (non-hydrogen) atoms. The summed E-state index contributed by atoms with van der Waals surface area (Å²) >= 11 is 1.38. The molecule has 4 rings (SSSR count). The molecule has 1 amide bonds. The third-order valence-corrected chi connectivity index (χ3v) is 6.01. The number of halogens is 1. The number of anilines is 1. The van der Waals surface area contributed by atoms with Crippen molar-refractivity contribution in [2.24, 2.45) is 0 Å². The Balaban J connectivity index is 1.39. The van der Waals surface area contributed by atoms with Crippen molar-refractivity contribution in [2.75, 3.05) is 24.5 Å². The number of amides is 1. The van der Waals surface area contributed by atoms with Gasteiger partial charge in [0.2, 0.25) is 5.13 Å². The van der Waals surface area contributed by atoms with Gasteiger partial charge in [0.15, 0.2) is 0 Å². The highest BCUT2D eigenvalue weighted by Gasteiger charge is 2.29. The molecule has 0 spiro atoms. The van der Waals surface area contributed by atoms with E-state index in [1.807, 2.05) is 36.1 Å². The van der Waals surface area contributed by atoms with E-state index in [-0.39, 0.29) is 17.8 Å². The van der Waals surface area contributed by atoms with Gasteiger partial charge >= 0.3 is 0 Å². The van der Waals surface area contributed by atoms with E-state index >= 15 is 0 Å². The first kappa shape index (κ1) is 19.5. The molecule has 1 saturated heterocycles. The van der Waals surface area contributed by atoms with Gasteiger partial charge < -0.3 is 9.80 Å². The van der Waals surface area contributed by atoms with E-state index in [0.717, 1.165) is 40.7 Å². The number of carbonyl (C=O) groups excluding carboxylic acids is 1. The zero-order valence-electron chi connectivity index (χ0n) is 16.5. The van der Waals surface area contributed by atoms with Crippen LogP contribution in [-0.2, 0) is 6.42 Å². The van der Waals surface area contributed by atoms with Crippen molar-refractivity contribution in [3.63, 3.8) is 0 Å². The Labute approximate surface area is 174 Å². The van der Waals surface area contributed by atoms with Gasteiger partial charge in [-0.2, -0.15) is 4.37 Å². The number of nitrogens with zero attached hydrogens (tertiary/aromatic N) is 4. The second kappa shape index (κ2) is 8.29. The first-order valence-electron chi connectivity index (χ1n) is 9.69. The van der Waals surface area contributed by atoms with Crippen molar-refractivity contribution in [3.8, 4) is 0 Å². The largest absolute Gasteiger partial charge is 0.343 e. The molecule has 1 aromatic heterocycles. The lowest BCUT2D eigenvalue weighted by molar-refractivity contribution is 0.0674. The molecule has 0 saturated carbocycles. The molecular weight excluding hydrogens is 387 g/mol. The van der Waals surface area contributed by atoms with Crippen LogP contribution in [0.1, 0.15) is 34.2 Å². The summed E-state index contributed by atoms with van der Waals surface area (Å²) in [5.41, 5.74) is 2.86. The fourth-order valence-corrected chi connectivity index (χ4v) is 4.24. The first-order chi connectivity index (χ1) is 14.0. The van der Waals surface area contributed by atoms with E-state index in [2.05, 4.69) is 21.2 Å².